The van der Waals surface area contributed by atoms with Crippen molar-refractivity contribution in [2.75, 3.05) is 17.2 Å². The van der Waals surface area contributed by atoms with E-state index in [-0.39, 0.29) is 17.0 Å². The highest BCUT2D eigenvalue weighted by molar-refractivity contribution is 9.09. The van der Waals surface area contributed by atoms with Crippen LogP contribution in [-0.4, -0.2) is 11.9 Å². The molecule has 0 bridgehead atoms. The molecule has 1 rings (SSSR count). The molecule has 1 aromatic carbocycles. The lowest BCUT2D eigenvalue weighted by atomic mass is 10.3. The van der Waals surface area contributed by atoms with Crippen molar-refractivity contribution in [3.63, 3.8) is 0 Å². The molecule has 0 aliphatic carbocycles. The summed E-state index contributed by atoms with van der Waals surface area (Å²) >= 11 is 14.9. The van der Waals surface area contributed by atoms with Gasteiger partial charge in [-0.2, -0.15) is 0 Å². The van der Waals surface area contributed by atoms with Crippen LogP contribution in [0.1, 0.15) is 0 Å². The Bertz CT molecular complexity index is 268. The van der Waals surface area contributed by atoms with E-state index in [1.54, 1.807) is 6.07 Å². The van der Waals surface area contributed by atoms with Crippen LogP contribution in [-0.2, 0) is 0 Å². The Morgan fingerprint density at radius 1 is 1.23 bits per heavy atom. The first-order valence-electron chi connectivity index (χ1n) is 3.49. The zero-order valence-electron chi connectivity index (χ0n) is 6.69. The smallest absolute Gasteiger partial charge is 0.0612 e. The van der Waals surface area contributed by atoms with Crippen LogP contribution in [0, 0.1) is 0 Å². The van der Waals surface area contributed by atoms with Crippen molar-refractivity contribution in [1.29, 1.82) is 0 Å². The average Bonchev–Trinajstić information content (AvgIpc) is 2.07. The fraction of sp³-hybridized carbons (Fsp3) is 0.250. The lowest BCUT2D eigenvalue weighted by Gasteiger charge is -2.04. The second-order valence-electron chi connectivity index (χ2n) is 2.24. The highest BCUT2D eigenvalue weighted by Gasteiger charge is 1.97. The van der Waals surface area contributed by atoms with Gasteiger partial charge >= 0.3 is 0 Å². The Morgan fingerprint density at radius 3 is 2.46 bits per heavy atom. The number of hydrogen-bond acceptors (Lipinski definition) is 1. The number of rotatable bonds is 3. The summed E-state index contributed by atoms with van der Waals surface area (Å²) in [4.78, 5) is 0. The van der Waals surface area contributed by atoms with Gasteiger partial charge in [-0.25, -0.2) is 0 Å². The Labute approximate surface area is 107 Å². The minimum atomic E-state index is 0. The molecule has 5 heteroatoms. The standard InChI is InChI=1S/C8H8BrCl2N.BrH/c9-3-4-12-6-1-2-7(10)8(11)5-6;/h1-2,5,12H,3-4H2;1H. The third-order valence-electron chi connectivity index (χ3n) is 1.34. The van der Waals surface area contributed by atoms with E-state index in [4.69, 9.17) is 23.2 Å². The Morgan fingerprint density at radius 2 is 1.92 bits per heavy atom. The third-order valence-corrected chi connectivity index (χ3v) is 2.48. The summed E-state index contributed by atoms with van der Waals surface area (Å²) in [7, 11) is 0. The van der Waals surface area contributed by atoms with Crippen molar-refractivity contribution >= 4 is 61.8 Å². The molecule has 1 N–H and O–H groups in total. The maximum atomic E-state index is 5.81. The maximum Gasteiger partial charge on any atom is 0.0612 e. The summed E-state index contributed by atoms with van der Waals surface area (Å²) in [5.41, 5.74) is 0.990. The van der Waals surface area contributed by atoms with Crippen molar-refractivity contribution < 1.29 is 0 Å². The quantitative estimate of drug-likeness (QED) is 0.799. The van der Waals surface area contributed by atoms with Crippen LogP contribution >= 0.6 is 56.1 Å². The topological polar surface area (TPSA) is 12.0 Å². The van der Waals surface area contributed by atoms with Crippen molar-refractivity contribution in [2.45, 2.75) is 0 Å². The van der Waals surface area contributed by atoms with E-state index in [1.807, 2.05) is 12.1 Å². The van der Waals surface area contributed by atoms with Crippen LogP contribution in [0.4, 0.5) is 5.69 Å². The van der Waals surface area contributed by atoms with Gasteiger partial charge in [0.1, 0.15) is 0 Å². The second-order valence-corrected chi connectivity index (χ2v) is 3.85. The van der Waals surface area contributed by atoms with Crippen LogP contribution < -0.4 is 5.32 Å². The molecule has 0 saturated heterocycles. The first-order chi connectivity index (χ1) is 5.74. The molecule has 13 heavy (non-hydrogen) atoms. The summed E-state index contributed by atoms with van der Waals surface area (Å²) in [6.07, 6.45) is 0. The van der Waals surface area contributed by atoms with Gasteiger partial charge in [-0.1, -0.05) is 39.1 Å². The molecule has 0 saturated carbocycles. The van der Waals surface area contributed by atoms with Gasteiger partial charge in [-0.3, -0.25) is 0 Å². The predicted molar refractivity (Wildman–Crippen MR) is 69.1 cm³/mol. The Balaban J connectivity index is 0.00000144. The van der Waals surface area contributed by atoms with Gasteiger partial charge in [0.25, 0.3) is 0 Å². The van der Waals surface area contributed by atoms with Crippen LogP contribution in [0.5, 0.6) is 0 Å². The monoisotopic (exact) mass is 347 g/mol. The van der Waals surface area contributed by atoms with Crippen LogP contribution in [0.2, 0.25) is 10.0 Å². The number of benzene rings is 1. The van der Waals surface area contributed by atoms with E-state index in [0.29, 0.717) is 10.0 Å². The van der Waals surface area contributed by atoms with Crippen molar-refractivity contribution in [3.8, 4) is 0 Å². The van der Waals surface area contributed by atoms with E-state index in [0.717, 1.165) is 17.6 Å². The average molecular weight is 350 g/mol. The molecule has 0 spiro atoms. The van der Waals surface area contributed by atoms with E-state index >= 15 is 0 Å². The summed E-state index contributed by atoms with van der Waals surface area (Å²) in [5, 5.41) is 5.25. The molecular formula is C8H9Br2Cl2N. The van der Waals surface area contributed by atoms with E-state index in [1.165, 1.54) is 0 Å². The summed E-state index contributed by atoms with van der Waals surface area (Å²) in [5.74, 6) is 0. The summed E-state index contributed by atoms with van der Waals surface area (Å²) in [6, 6.07) is 5.49. The van der Waals surface area contributed by atoms with Crippen molar-refractivity contribution in [3.05, 3.63) is 28.2 Å². The van der Waals surface area contributed by atoms with E-state index in [9.17, 15) is 0 Å². The number of alkyl halides is 1. The molecule has 0 unspecified atom stereocenters. The maximum absolute atomic E-state index is 5.81. The van der Waals surface area contributed by atoms with Crippen LogP contribution in [0.3, 0.4) is 0 Å². The fourth-order valence-electron chi connectivity index (χ4n) is 0.798. The summed E-state index contributed by atoms with van der Waals surface area (Å²) in [6.45, 7) is 0.873. The van der Waals surface area contributed by atoms with E-state index in [2.05, 4.69) is 21.2 Å². The van der Waals surface area contributed by atoms with Crippen molar-refractivity contribution in [2.24, 2.45) is 0 Å². The first kappa shape index (κ1) is 13.6. The predicted octanol–water partition coefficient (Wildman–Crippen LogP) is 4.38. The zero-order valence-corrected chi connectivity index (χ0v) is 11.5. The van der Waals surface area contributed by atoms with Gasteiger partial charge in [0.05, 0.1) is 10.0 Å². The lowest BCUT2D eigenvalue weighted by molar-refractivity contribution is 1.24. The second kappa shape index (κ2) is 6.93. The van der Waals surface area contributed by atoms with Gasteiger partial charge in [-0.15, -0.1) is 17.0 Å². The molecule has 0 radical (unpaired) electrons. The zero-order chi connectivity index (χ0) is 8.97. The minimum Gasteiger partial charge on any atom is -0.384 e. The van der Waals surface area contributed by atoms with Crippen LogP contribution in [0.25, 0.3) is 0 Å². The molecule has 0 heterocycles. The molecule has 74 valence electrons. The van der Waals surface area contributed by atoms with E-state index < -0.39 is 0 Å². The van der Waals surface area contributed by atoms with Gasteiger partial charge in [-0.05, 0) is 18.2 Å². The highest BCUT2D eigenvalue weighted by atomic mass is 79.9. The van der Waals surface area contributed by atoms with Crippen LogP contribution in [0.15, 0.2) is 18.2 Å². The normalized spacial score (nSPS) is 9.15. The number of halogens is 4. The molecule has 0 fully saturated rings. The van der Waals surface area contributed by atoms with Gasteiger partial charge in [0.15, 0.2) is 0 Å². The number of hydrogen-bond donors (Lipinski definition) is 1. The minimum absolute atomic E-state index is 0. The van der Waals surface area contributed by atoms with Gasteiger partial charge < -0.3 is 5.32 Å². The first-order valence-corrected chi connectivity index (χ1v) is 5.36. The highest BCUT2D eigenvalue weighted by Crippen LogP contribution is 2.24. The molecule has 0 amide bonds. The molecule has 0 aliphatic rings. The molecule has 1 nitrogen and oxygen atoms in total. The lowest BCUT2D eigenvalue weighted by Crippen LogP contribution is -2.01. The molecule has 0 aromatic heterocycles. The van der Waals surface area contributed by atoms with Gasteiger partial charge in [0, 0.05) is 17.6 Å². The molecule has 0 atom stereocenters. The van der Waals surface area contributed by atoms with Crippen molar-refractivity contribution in [1.82, 2.24) is 0 Å². The Hall–Kier alpha value is 0.560. The molecule has 1 aromatic rings. The number of nitrogens with one attached hydrogen (secondary N) is 1. The fourth-order valence-corrected chi connectivity index (χ4v) is 1.29. The molecular weight excluding hydrogens is 341 g/mol. The SMILES string of the molecule is Br.Clc1ccc(NCCBr)cc1Cl. The third kappa shape index (κ3) is 4.54. The Kier molecular flexibility index (Phi) is 7.23. The number of anilines is 1. The largest absolute Gasteiger partial charge is 0.384 e. The summed E-state index contributed by atoms with van der Waals surface area (Å²) < 4.78 is 0. The molecule has 0 aliphatic heterocycles. The van der Waals surface area contributed by atoms with Gasteiger partial charge in [0.2, 0.25) is 0 Å².